The summed E-state index contributed by atoms with van der Waals surface area (Å²) in [6, 6.07) is 6.70. The number of nitrogens with zero attached hydrogens (tertiary/aromatic N) is 2. The molecule has 2 N–H and O–H groups in total. The molecule has 2 heterocycles. The van der Waals surface area contributed by atoms with E-state index in [1.54, 1.807) is 0 Å². The minimum Gasteiger partial charge on any atom is -0.406 e. The number of rotatable bonds is 6. The van der Waals surface area contributed by atoms with Crippen molar-refractivity contribution in [2.75, 3.05) is 18.0 Å². The normalized spacial score (nSPS) is 14.7. The van der Waals surface area contributed by atoms with Crippen LogP contribution in [-0.2, 0) is 17.5 Å². The third-order valence-corrected chi connectivity index (χ3v) is 6.55. The van der Waals surface area contributed by atoms with Crippen LogP contribution in [0.5, 0.6) is 5.75 Å². The lowest BCUT2D eigenvalue weighted by molar-refractivity contribution is -0.274. The molecule has 41 heavy (non-hydrogen) atoms. The molecule has 1 fully saturated rings. The van der Waals surface area contributed by atoms with Crippen molar-refractivity contribution in [1.82, 2.24) is 15.3 Å². The van der Waals surface area contributed by atoms with Gasteiger partial charge in [-0.25, -0.2) is 9.37 Å². The Labute approximate surface area is 227 Å². The van der Waals surface area contributed by atoms with Crippen LogP contribution in [0.1, 0.15) is 29.7 Å². The molecule has 1 aromatic heterocycles. The molecule has 4 rings (SSSR count). The average molecular weight is 590 g/mol. The van der Waals surface area contributed by atoms with Crippen LogP contribution in [0.25, 0.3) is 11.4 Å². The fraction of sp³-hybridized carbons (Fsp3) is 0.346. The van der Waals surface area contributed by atoms with Gasteiger partial charge in [0.05, 0.1) is 16.8 Å². The number of ether oxygens (including phenoxy) is 1. The number of aromatic nitrogens is 2. The summed E-state index contributed by atoms with van der Waals surface area (Å²) in [4.78, 5) is 31.8. The second-order valence-corrected chi connectivity index (χ2v) is 9.29. The first-order valence-corrected chi connectivity index (χ1v) is 12.2. The molecule has 15 heteroatoms. The summed E-state index contributed by atoms with van der Waals surface area (Å²) in [6.07, 6.45) is -9.13. The van der Waals surface area contributed by atoms with Gasteiger partial charge in [0, 0.05) is 36.8 Å². The predicted octanol–water partition coefficient (Wildman–Crippen LogP) is 5.47. The van der Waals surface area contributed by atoms with Crippen LogP contribution in [0.4, 0.5) is 40.8 Å². The van der Waals surface area contributed by atoms with Crippen LogP contribution in [0, 0.1) is 24.5 Å². The predicted molar refractivity (Wildman–Crippen MR) is 130 cm³/mol. The van der Waals surface area contributed by atoms with Crippen molar-refractivity contribution in [1.29, 1.82) is 0 Å². The van der Waals surface area contributed by atoms with Crippen LogP contribution >= 0.6 is 0 Å². The van der Waals surface area contributed by atoms with Crippen LogP contribution in [0.15, 0.2) is 41.2 Å². The third kappa shape index (κ3) is 6.95. The average Bonchev–Trinajstić information content (AvgIpc) is 2.89. The van der Waals surface area contributed by atoms with E-state index in [9.17, 15) is 40.3 Å². The molecular weight excluding hydrogens is 568 g/mol. The molecule has 0 saturated carbocycles. The van der Waals surface area contributed by atoms with Crippen LogP contribution in [-0.4, -0.2) is 35.3 Å². The fourth-order valence-corrected chi connectivity index (χ4v) is 4.50. The van der Waals surface area contributed by atoms with Gasteiger partial charge in [0.25, 0.3) is 5.56 Å². The number of carbonyl (C=O) groups is 1. The zero-order chi connectivity index (χ0) is 30.1. The first-order valence-electron chi connectivity index (χ1n) is 12.2. The minimum atomic E-state index is -5.03. The standard InChI is InChI=1S/C26H22F8N4O3/c1-13-20(27)24(40)37-22(36-13)19-18(25(29,30)31)7-2-15(21(19)28)12-35-23(39)14-8-10-38(11-9-14)16-3-5-17(6-4-16)41-26(32,33)34/h2-7,14H,8-12H2,1H3,(H,35,39)(H,36,37,40). The number of hydrogen-bond donors (Lipinski definition) is 2. The minimum absolute atomic E-state index is 0.315. The lowest BCUT2D eigenvalue weighted by atomic mass is 9.95. The summed E-state index contributed by atoms with van der Waals surface area (Å²) in [5, 5.41) is 2.51. The summed E-state index contributed by atoms with van der Waals surface area (Å²) < 4.78 is 111. The highest BCUT2D eigenvalue weighted by Crippen LogP contribution is 2.38. The molecule has 7 nitrogen and oxygen atoms in total. The van der Waals surface area contributed by atoms with E-state index >= 15 is 4.39 Å². The molecule has 2 aromatic carbocycles. The summed E-state index contributed by atoms with van der Waals surface area (Å²) in [5.74, 6) is -4.85. The van der Waals surface area contributed by atoms with Gasteiger partial charge in [-0.05, 0) is 50.1 Å². The number of amides is 1. The number of nitrogens with one attached hydrogen (secondary N) is 2. The Bertz CT molecular complexity index is 1480. The highest BCUT2D eigenvalue weighted by Gasteiger charge is 2.37. The molecule has 0 atom stereocenters. The van der Waals surface area contributed by atoms with Gasteiger partial charge in [0.15, 0.2) is 0 Å². The maximum Gasteiger partial charge on any atom is 0.573 e. The topological polar surface area (TPSA) is 87.3 Å². The number of hydrogen-bond acceptors (Lipinski definition) is 5. The van der Waals surface area contributed by atoms with E-state index < -0.39 is 70.7 Å². The second-order valence-electron chi connectivity index (χ2n) is 9.29. The van der Waals surface area contributed by atoms with Crippen molar-refractivity contribution >= 4 is 11.6 Å². The molecular formula is C26H22F8N4O3. The van der Waals surface area contributed by atoms with Gasteiger partial charge < -0.3 is 19.9 Å². The third-order valence-electron chi connectivity index (χ3n) is 6.55. The van der Waals surface area contributed by atoms with E-state index in [0.29, 0.717) is 37.7 Å². The Hall–Kier alpha value is -4.17. The number of carbonyl (C=O) groups excluding carboxylic acids is 1. The van der Waals surface area contributed by atoms with Gasteiger partial charge in [-0.1, -0.05) is 6.07 Å². The zero-order valence-corrected chi connectivity index (χ0v) is 21.2. The molecule has 3 aromatic rings. The van der Waals surface area contributed by atoms with E-state index in [0.717, 1.165) is 13.0 Å². The molecule has 1 aliphatic rings. The molecule has 0 aliphatic carbocycles. The summed E-state index contributed by atoms with van der Waals surface area (Å²) >= 11 is 0. The number of aromatic amines is 1. The van der Waals surface area contributed by atoms with Gasteiger partial charge in [-0.3, -0.25) is 9.59 Å². The first-order chi connectivity index (χ1) is 19.1. The highest BCUT2D eigenvalue weighted by atomic mass is 19.4. The Kier molecular flexibility index (Phi) is 8.27. The summed E-state index contributed by atoms with van der Waals surface area (Å²) in [5.41, 5.74) is -4.10. The fourth-order valence-electron chi connectivity index (χ4n) is 4.50. The summed E-state index contributed by atoms with van der Waals surface area (Å²) in [6.45, 7) is 1.35. The molecule has 1 aliphatic heterocycles. The lowest BCUT2D eigenvalue weighted by Crippen LogP contribution is -2.40. The Morgan fingerprint density at radius 3 is 2.22 bits per heavy atom. The molecule has 0 radical (unpaired) electrons. The van der Waals surface area contributed by atoms with Crippen LogP contribution < -0.4 is 20.5 Å². The number of alkyl halides is 6. The van der Waals surface area contributed by atoms with Crippen molar-refractivity contribution < 1.29 is 44.7 Å². The lowest BCUT2D eigenvalue weighted by Gasteiger charge is -2.33. The van der Waals surface area contributed by atoms with Gasteiger partial charge >= 0.3 is 12.5 Å². The van der Waals surface area contributed by atoms with Gasteiger partial charge in [0.1, 0.15) is 17.4 Å². The number of halogens is 8. The Balaban J connectivity index is 1.43. The smallest absolute Gasteiger partial charge is 0.406 e. The maximum absolute atomic E-state index is 15.4. The van der Waals surface area contributed by atoms with Crippen molar-refractivity contribution in [3.63, 3.8) is 0 Å². The summed E-state index contributed by atoms with van der Waals surface area (Å²) in [7, 11) is 0. The van der Waals surface area contributed by atoms with Gasteiger partial charge in [0.2, 0.25) is 11.7 Å². The van der Waals surface area contributed by atoms with Crippen LogP contribution in [0.3, 0.4) is 0 Å². The van der Waals surface area contributed by atoms with E-state index in [1.807, 2.05) is 9.88 Å². The molecule has 0 spiro atoms. The number of anilines is 1. The van der Waals surface area contributed by atoms with E-state index in [4.69, 9.17) is 0 Å². The molecule has 0 bridgehead atoms. The molecule has 0 unspecified atom stereocenters. The quantitative estimate of drug-likeness (QED) is 0.372. The number of piperidine rings is 1. The number of benzene rings is 2. The monoisotopic (exact) mass is 590 g/mol. The Morgan fingerprint density at radius 2 is 1.66 bits per heavy atom. The second kappa shape index (κ2) is 11.4. The van der Waals surface area contributed by atoms with E-state index in [2.05, 4.69) is 15.0 Å². The van der Waals surface area contributed by atoms with Crippen molar-refractivity contribution in [2.45, 2.75) is 38.8 Å². The molecule has 220 valence electrons. The van der Waals surface area contributed by atoms with Gasteiger partial charge in [-0.2, -0.15) is 17.6 Å². The first kappa shape index (κ1) is 29.8. The molecule has 1 amide bonds. The van der Waals surface area contributed by atoms with Crippen molar-refractivity contribution in [2.24, 2.45) is 5.92 Å². The van der Waals surface area contributed by atoms with E-state index in [1.165, 1.54) is 24.3 Å². The van der Waals surface area contributed by atoms with Gasteiger partial charge in [-0.15, -0.1) is 13.2 Å². The number of H-pyrrole nitrogens is 1. The zero-order valence-electron chi connectivity index (χ0n) is 21.2. The number of aryl methyl sites for hydroxylation is 1. The SMILES string of the molecule is Cc1nc(-c2c(C(F)(F)F)ccc(CNC(=O)C3CCN(c4ccc(OC(F)(F)F)cc4)CC3)c2F)[nH]c(=O)c1F. The van der Waals surface area contributed by atoms with Crippen LogP contribution in [0.2, 0.25) is 0 Å². The highest BCUT2D eigenvalue weighted by molar-refractivity contribution is 5.79. The largest absolute Gasteiger partial charge is 0.573 e. The van der Waals surface area contributed by atoms with E-state index in [-0.39, 0.29) is 11.3 Å². The molecule has 1 saturated heterocycles. The maximum atomic E-state index is 15.4. The van der Waals surface area contributed by atoms with Crippen molar-refractivity contribution in [3.8, 4) is 17.1 Å². The van der Waals surface area contributed by atoms with Crippen molar-refractivity contribution in [3.05, 3.63) is 75.2 Å². The Morgan fingerprint density at radius 1 is 1.02 bits per heavy atom.